The van der Waals surface area contributed by atoms with Crippen LogP contribution in [0.25, 0.3) is 0 Å². The lowest BCUT2D eigenvalue weighted by atomic mass is 10.2. The van der Waals surface area contributed by atoms with Crippen molar-refractivity contribution >= 4 is 21.6 Å². The Kier molecular flexibility index (Phi) is 6.31. The number of nitrogens with zero attached hydrogens (tertiary/aromatic N) is 5. The van der Waals surface area contributed by atoms with Gasteiger partial charge in [0, 0.05) is 70.4 Å². The second-order valence-electron chi connectivity index (χ2n) is 7.57. The molecule has 8 nitrogen and oxygen atoms in total. The molecule has 3 heterocycles. The molecule has 0 saturated carbocycles. The van der Waals surface area contributed by atoms with E-state index in [0.29, 0.717) is 45.8 Å². The van der Waals surface area contributed by atoms with Crippen molar-refractivity contribution in [1.82, 2.24) is 19.1 Å². The van der Waals surface area contributed by atoms with Gasteiger partial charge in [-0.2, -0.15) is 4.31 Å². The van der Waals surface area contributed by atoms with E-state index in [1.165, 1.54) is 16.2 Å². The number of benzene rings is 1. The average molecular weight is 430 g/mol. The summed E-state index contributed by atoms with van der Waals surface area (Å²) < 4.78 is 26.9. The zero-order valence-corrected chi connectivity index (χ0v) is 17.7. The highest BCUT2D eigenvalue weighted by atomic mass is 32.2. The number of piperazine rings is 2. The van der Waals surface area contributed by atoms with Crippen molar-refractivity contribution in [1.29, 1.82) is 0 Å². The SMILES string of the molecule is O=C(CN1CCN(S(=O)(=O)c2cccnc2)CC1)N1CCN(c2ccccc2)CC1. The van der Waals surface area contributed by atoms with Crippen molar-refractivity contribution in [3.8, 4) is 0 Å². The van der Waals surface area contributed by atoms with Gasteiger partial charge in [-0.3, -0.25) is 14.7 Å². The molecule has 0 spiro atoms. The largest absolute Gasteiger partial charge is 0.368 e. The van der Waals surface area contributed by atoms with Crippen LogP contribution in [0.1, 0.15) is 0 Å². The smallest absolute Gasteiger partial charge is 0.244 e. The van der Waals surface area contributed by atoms with E-state index in [4.69, 9.17) is 0 Å². The van der Waals surface area contributed by atoms with E-state index < -0.39 is 10.0 Å². The summed E-state index contributed by atoms with van der Waals surface area (Å²) in [5, 5.41) is 0. The number of sulfonamides is 1. The molecular formula is C21H27N5O3S. The molecule has 0 unspecified atom stereocenters. The molecule has 160 valence electrons. The number of aromatic nitrogens is 1. The summed E-state index contributed by atoms with van der Waals surface area (Å²) in [5.41, 5.74) is 1.19. The van der Waals surface area contributed by atoms with Crippen LogP contribution in [-0.2, 0) is 14.8 Å². The fourth-order valence-electron chi connectivity index (χ4n) is 3.92. The molecule has 2 aromatic rings. The Hall–Kier alpha value is -2.49. The zero-order valence-electron chi connectivity index (χ0n) is 16.9. The number of rotatable bonds is 5. The first kappa shape index (κ1) is 20.8. The van der Waals surface area contributed by atoms with Crippen LogP contribution >= 0.6 is 0 Å². The van der Waals surface area contributed by atoms with E-state index >= 15 is 0 Å². The first-order chi connectivity index (χ1) is 14.5. The van der Waals surface area contributed by atoms with Gasteiger partial charge in [0.05, 0.1) is 6.54 Å². The van der Waals surface area contributed by atoms with Crippen molar-refractivity contribution in [2.45, 2.75) is 4.90 Å². The molecule has 1 aromatic carbocycles. The fraction of sp³-hybridized carbons (Fsp3) is 0.429. The maximum atomic E-state index is 12.7. The van der Waals surface area contributed by atoms with Crippen molar-refractivity contribution < 1.29 is 13.2 Å². The van der Waals surface area contributed by atoms with Gasteiger partial charge in [0.1, 0.15) is 4.90 Å². The molecule has 0 radical (unpaired) electrons. The van der Waals surface area contributed by atoms with Gasteiger partial charge in [0.15, 0.2) is 0 Å². The highest BCUT2D eigenvalue weighted by Gasteiger charge is 2.30. The molecule has 2 aliphatic rings. The molecule has 1 aromatic heterocycles. The predicted molar refractivity (Wildman–Crippen MR) is 115 cm³/mol. The van der Waals surface area contributed by atoms with Gasteiger partial charge < -0.3 is 9.80 Å². The van der Waals surface area contributed by atoms with Gasteiger partial charge in [0.25, 0.3) is 0 Å². The van der Waals surface area contributed by atoms with E-state index in [2.05, 4.69) is 22.0 Å². The normalized spacial score (nSPS) is 19.1. The highest BCUT2D eigenvalue weighted by molar-refractivity contribution is 7.89. The van der Waals surface area contributed by atoms with Gasteiger partial charge in [-0.15, -0.1) is 0 Å². The van der Waals surface area contributed by atoms with E-state index in [1.807, 2.05) is 28.0 Å². The maximum Gasteiger partial charge on any atom is 0.244 e. The number of hydrogen-bond donors (Lipinski definition) is 0. The summed E-state index contributed by atoms with van der Waals surface area (Å²) in [6, 6.07) is 13.4. The summed E-state index contributed by atoms with van der Waals surface area (Å²) in [6.45, 7) is 5.28. The van der Waals surface area contributed by atoms with Gasteiger partial charge in [-0.1, -0.05) is 18.2 Å². The number of hydrogen-bond acceptors (Lipinski definition) is 6. The molecule has 0 aliphatic carbocycles. The second kappa shape index (κ2) is 9.11. The summed E-state index contributed by atoms with van der Waals surface area (Å²) >= 11 is 0. The third-order valence-corrected chi connectivity index (χ3v) is 7.60. The number of amides is 1. The van der Waals surface area contributed by atoms with Crippen molar-refractivity contribution in [3.63, 3.8) is 0 Å². The quantitative estimate of drug-likeness (QED) is 0.698. The van der Waals surface area contributed by atoms with Crippen LogP contribution in [0, 0.1) is 0 Å². The van der Waals surface area contributed by atoms with Crippen LogP contribution in [0.5, 0.6) is 0 Å². The lowest BCUT2D eigenvalue weighted by Crippen LogP contribution is -2.54. The Morgan fingerprint density at radius 2 is 1.57 bits per heavy atom. The fourth-order valence-corrected chi connectivity index (χ4v) is 5.31. The van der Waals surface area contributed by atoms with E-state index in [-0.39, 0.29) is 10.8 Å². The van der Waals surface area contributed by atoms with Gasteiger partial charge in [0.2, 0.25) is 15.9 Å². The molecule has 0 bridgehead atoms. The van der Waals surface area contributed by atoms with Crippen LogP contribution in [0.2, 0.25) is 0 Å². The monoisotopic (exact) mass is 429 g/mol. The van der Waals surface area contributed by atoms with Crippen LogP contribution in [0.15, 0.2) is 59.8 Å². The minimum atomic E-state index is -3.52. The second-order valence-corrected chi connectivity index (χ2v) is 9.51. The third-order valence-electron chi connectivity index (χ3n) is 5.72. The minimum Gasteiger partial charge on any atom is -0.368 e. The lowest BCUT2D eigenvalue weighted by molar-refractivity contribution is -0.133. The average Bonchev–Trinajstić information content (AvgIpc) is 2.81. The van der Waals surface area contributed by atoms with Crippen LogP contribution in [0.3, 0.4) is 0 Å². The van der Waals surface area contributed by atoms with Gasteiger partial charge >= 0.3 is 0 Å². The Morgan fingerprint density at radius 3 is 2.20 bits per heavy atom. The lowest BCUT2D eigenvalue weighted by Gasteiger charge is -2.38. The standard InChI is InChI=1S/C21H27N5O3S/c27-21(25-13-11-24(12-14-25)19-5-2-1-3-6-19)18-23-9-15-26(16-10-23)30(28,29)20-7-4-8-22-17-20/h1-8,17H,9-16,18H2. The number of carbonyl (C=O) groups is 1. The Morgan fingerprint density at radius 1 is 0.867 bits per heavy atom. The van der Waals surface area contributed by atoms with Crippen molar-refractivity contribution in [2.75, 3.05) is 63.8 Å². The van der Waals surface area contributed by atoms with Gasteiger partial charge in [-0.05, 0) is 24.3 Å². The molecule has 1 amide bonds. The van der Waals surface area contributed by atoms with Crippen LogP contribution in [-0.4, -0.2) is 92.3 Å². The summed E-state index contributed by atoms with van der Waals surface area (Å²) in [6.07, 6.45) is 2.93. The molecule has 2 saturated heterocycles. The molecule has 0 N–H and O–H groups in total. The molecule has 4 rings (SSSR count). The van der Waals surface area contributed by atoms with Crippen molar-refractivity contribution in [2.24, 2.45) is 0 Å². The first-order valence-corrected chi connectivity index (χ1v) is 11.7. The number of pyridine rings is 1. The highest BCUT2D eigenvalue weighted by Crippen LogP contribution is 2.18. The topological polar surface area (TPSA) is 77.1 Å². The molecule has 2 aliphatic heterocycles. The molecule has 9 heteroatoms. The Bertz CT molecular complexity index is 939. The molecule has 2 fully saturated rings. The Labute approximate surface area is 177 Å². The molecule has 0 atom stereocenters. The first-order valence-electron chi connectivity index (χ1n) is 10.2. The Balaban J connectivity index is 1.25. The minimum absolute atomic E-state index is 0.117. The van der Waals surface area contributed by atoms with Crippen LogP contribution < -0.4 is 4.90 Å². The third kappa shape index (κ3) is 4.63. The number of anilines is 1. The molecule has 30 heavy (non-hydrogen) atoms. The van der Waals surface area contributed by atoms with E-state index in [0.717, 1.165) is 13.1 Å². The summed E-state index contributed by atoms with van der Waals surface area (Å²) in [4.78, 5) is 23.1. The number of carbonyl (C=O) groups excluding carboxylic acids is 1. The van der Waals surface area contributed by atoms with E-state index in [1.54, 1.807) is 18.3 Å². The van der Waals surface area contributed by atoms with Crippen LogP contribution in [0.4, 0.5) is 5.69 Å². The summed E-state index contributed by atoms with van der Waals surface area (Å²) in [5.74, 6) is 0.117. The number of para-hydroxylation sites is 1. The van der Waals surface area contributed by atoms with Gasteiger partial charge in [-0.25, -0.2) is 8.42 Å². The maximum absolute atomic E-state index is 12.7. The molecular weight excluding hydrogens is 402 g/mol. The summed E-state index contributed by atoms with van der Waals surface area (Å²) in [7, 11) is -3.52. The predicted octanol–water partition coefficient (Wildman–Crippen LogP) is 0.737. The van der Waals surface area contributed by atoms with Crippen molar-refractivity contribution in [3.05, 3.63) is 54.9 Å². The van der Waals surface area contributed by atoms with E-state index in [9.17, 15) is 13.2 Å². The zero-order chi connectivity index (χ0) is 21.0.